The molecule has 19 heavy (non-hydrogen) atoms. The molecule has 0 bridgehead atoms. The van der Waals surface area contributed by atoms with E-state index in [2.05, 4.69) is 9.97 Å². The molecule has 2 heterocycles. The lowest BCUT2D eigenvalue weighted by Crippen LogP contribution is -2.45. The van der Waals surface area contributed by atoms with Crippen molar-refractivity contribution in [3.63, 3.8) is 0 Å². The number of hydrogen-bond acceptors (Lipinski definition) is 4. The van der Waals surface area contributed by atoms with Gasteiger partial charge in [-0.15, -0.1) is 0 Å². The summed E-state index contributed by atoms with van der Waals surface area (Å²) in [6, 6.07) is 7.66. The summed E-state index contributed by atoms with van der Waals surface area (Å²) in [5, 5.41) is 0. The summed E-state index contributed by atoms with van der Waals surface area (Å²) in [4.78, 5) is 21.7. The van der Waals surface area contributed by atoms with Gasteiger partial charge in [0.1, 0.15) is 6.04 Å². The van der Waals surface area contributed by atoms with E-state index in [0.717, 1.165) is 42.8 Å². The van der Waals surface area contributed by atoms with Crippen LogP contribution in [0, 0.1) is 0 Å². The number of carbonyl (C=O) groups excluding carboxylic acids is 1. The van der Waals surface area contributed by atoms with E-state index in [0.29, 0.717) is 0 Å². The van der Waals surface area contributed by atoms with E-state index < -0.39 is 0 Å². The number of rotatable bonds is 2. The summed E-state index contributed by atoms with van der Waals surface area (Å²) >= 11 is 0. The van der Waals surface area contributed by atoms with Gasteiger partial charge in [-0.1, -0.05) is 12.1 Å². The number of aromatic amines is 1. The van der Waals surface area contributed by atoms with Crippen LogP contribution in [0.3, 0.4) is 0 Å². The Balaban J connectivity index is 1.95. The highest BCUT2D eigenvalue weighted by Gasteiger charge is 2.31. The van der Waals surface area contributed by atoms with Gasteiger partial charge in [0.25, 0.3) is 0 Å². The lowest BCUT2D eigenvalue weighted by atomic mass is 10.0. The van der Waals surface area contributed by atoms with Crippen molar-refractivity contribution in [3.05, 3.63) is 24.3 Å². The van der Waals surface area contributed by atoms with Gasteiger partial charge in [0.2, 0.25) is 5.95 Å². The fourth-order valence-corrected chi connectivity index (χ4v) is 2.64. The zero-order chi connectivity index (χ0) is 13.2. The molecule has 2 aromatic rings. The zero-order valence-corrected chi connectivity index (χ0v) is 10.9. The molecule has 1 aromatic carbocycles. The van der Waals surface area contributed by atoms with Crippen LogP contribution in [0.4, 0.5) is 5.95 Å². The molecule has 1 aromatic heterocycles. The molecular weight excluding hydrogens is 242 g/mol. The highest BCUT2D eigenvalue weighted by atomic mass is 16.5. The van der Waals surface area contributed by atoms with Gasteiger partial charge in [0.15, 0.2) is 0 Å². The Morgan fingerprint density at radius 2 is 2.26 bits per heavy atom. The molecule has 1 saturated heterocycles. The van der Waals surface area contributed by atoms with Gasteiger partial charge >= 0.3 is 5.97 Å². The van der Waals surface area contributed by atoms with Crippen molar-refractivity contribution in [3.8, 4) is 0 Å². The molecule has 0 spiro atoms. The maximum Gasteiger partial charge on any atom is 0.328 e. The van der Waals surface area contributed by atoms with Crippen molar-refractivity contribution in [1.82, 2.24) is 9.97 Å². The Hall–Kier alpha value is -2.04. The molecule has 5 heteroatoms. The van der Waals surface area contributed by atoms with E-state index in [-0.39, 0.29) is 12.0 Å². The minimum atomic E-state index is -0.223. The van der Waals surface area contributed by atoms with Crippen molar-refractivity contribution in [2.75, 3.05) is 18.6 Å². The Morgan fingerprint density at radius 3 is 3.05 bits per heavy atom. The summed E-state index contributed by atoms with van der Waals surface area (Å²) in [7, 11) is 1.44. The predicted octanol–water partition coefficient (Wildman–Crippen LogP) is 2.09. The number of piperidine rings is 1. The molecule has 0 radical (unpaired) electrons. The summed E-state index contributed by atoms with van der Waals surface area (Å²) in [5.41, 5.74) is 1.92. The number of nitrogens with one attached hydrogen (secondary N) is 1. The first-order chi connectivity index (χ1) is 9.29. The van der Waals surface area contributed by atoms with Crippen LogP contribution in [0.5, 0.6) is 0 Å². The number of imidazole rings is 1. The maximum absolute atomic E-state index is 11.9. The number of methoxy groups -OCH3 is 1. The number of H-pyrrole nitrogens is 1. The van der Waals surface area contributed by atoms with Crippen LogP contribution in [0.2, 0.25) is 0 Å². The molecule has 1 N–H and O–H groups in total. The number of anilines is 1. The van der Waals surface area contributed by atoms with E-state index in [1.54, 1.807) is 0 Å². The lowest BCUT2D eigenvalue weighted by molar-refractivity contribution is -0.142. The first-order valence-electron chi connectivity index (χ1n) is 6.59. The molecule has 1 unspecified atom stereocenters. The first-order valence-corrected chi connectivity index (χ1v) is 6.59. The van der Waals surface area contributed by atoms with Crippen molar-refractivity contribution >= 4 is 23.0 Å². The molecule has 5 nitrogen and oxygen atoms in total. The standard InChI is InChI=1S/C14H17N3O2/c1-19-13(18)12-8-4-5-9-17(12)14-15-10-6-2-3-7-11(10)16-14/h2-3,6-7,12H,4-5,8-9H2,1H3,(H,15,16). The van der Waals surface area contributed by atoms with Crippen LogP contribution in [-0.4, -0.2) is 35.6 Å². The van der Waals surface area contributed by atoms with Gasteiger partial charge in [0, 0.05) is 6.54 Å². The molecule has 1 aliphatic heterocycles. The highest BCUT2D eigenvalue weighted by Crippen LogP contribution is 2.25. The third-order valence-corrected chi connectivity index (χ3v) is 3.62. The van der Waals surface area contributed by atoms with Crippen LogP contribution in [0.25, 0.3) is 11.0 Å². The fraction of sp³-hybridized carbons (Fsp3) is 0.429. The predicted molar refractivity (Wildman–Crippen MR) is 73.1 cm³/mol. The van der Waals surface area contributed by atoms with Gasteiger partial charge < -0.3 is 14.6 Å². The van der Waals surface area contributed by atoms with E-state index >= 15 is 0 Å². The summed E-state index contributed by atoms with van der Waals surface area (Å²) in [6.45, 7) is 0.833. The molecule has 0 aliphatic carbocycles. The molecule has 0 saturated carbocycles. The number of para-hydroxylation sites is 2. The highest BCUT2D eigenvalue weighted by molar-refractivity contribution is 5.82. The topological polar surface area (TPSA) is 58.2 Å². The molecule has 1 aliphatic rings. The van der Waals surface area contributed by atoms with Gasteiger partial charge in [-0.05, 0) is 31.4 Å². The Bertz CT molecular complexity index is 560. The zero-order valence-electron chi connectivity index (χ0n) is 10.9. The average Bonchev–Trinajstić information content (AvgIpc) is 2.90. The molecule has 3 rings (SSSR count). The lowest BCUT2D eigenvalue weighted by Gasteiger charge is -2.33. The Kier molecular flexibility index (Phi) is 3.11. The smallest absolute Gasteiger partial charge is 0.328 e. The SMILES string of the molecule is COC(=O)C1CCCCN1c1nc2ccccc2[nH]1. The number of nitrogens with zero attached hydrogens (tertiary/aromatic N) is 2. The second kappa shape index (κ2) is 4.91. The summed E-state index contributed by atoms with van der Waals surface area (Å²) < 4.78 is 4.89. The number of hydrogen-bond donors (Lipinski definition) is 1. The number of ether oxygens (including phenoxy) is 1. The average molecular weight is 259 g/mol. The quantitative estimate of drug-likeness (QED) is 0.839. The second-order valence-electron chi connectivity index (χ2n) is 4.81. The summed E-state index contributed by atoms with van der Waals surface area (Å²) in [6.07, 6.45) is 2.95. The molecule has 0 amide bonds. The molecule has 1 fully saturated rings. The van der Waals surface area contributed by atoms with Crippen LogP contribution in [0.1, 0.15) is 19.3 Å². The summed E-state index contributed by atoms with van der Waals surface area (Å²) in [5.74, 6) is 0.580. The second-order valence-corrected chi connectivity index (χ2v) is 4.81. The van der Waals surface area contributed by atoms with Crippen molar-refractivity contribution in [1.29, 1.82) is 0 Å². The monoisotopic (exact) mass is 259 g/mol. The number of benzene rings is 1. The van der Waals surface area contributed by atoms with Gasteiger partial charge in [-0.25, -0.2) is 9.78 Å². The number of carbonyl (C=O) groups is 1. The third kappa shape index (κ3) is 2.16. The third-order valence-electron chi connectivity index (χ3n) is 3.62. The van der Waals surface area contributed by atoms with Crippen LogP contribution in [-0.2, 0) is 9.53 Å². The number of fused-ring (bicyclic) bond motifs is 1. The first kappa shape index (κ1) is 12.0. The van der Waals surface area contributed by atoms with Crippen LogP contribution < -0.4 is 4.90 Å². The van der Waals surface area contributed by atoms with E-state index in [1.807, 2.05) is 29.2 Å². The number of aromatic nitrogens is 2. The van der Waals surface area contributed by atoms with Crippen molar-refractivity contribution in [2.24, 2.45) is 0 Å². The minimum Gasteiger partial charge on any atom is -0.467 e. The molecular formula is C14H17N3O2. The Morgan fingerprint density at radius 1 is 1.42 bits per heavy atom. The van der Waals surface area contributed by atoms with Gasteiger partial charge in [-0.2, -0.15) is 0 Å². The minimum absolute atomic E-state index is 0.180. The van der Waals surface area contributed by atoms with Gasteiger partial charge in [-0.3, -0.25) is 0 Å². The maximum atomic E-state index is 11.9. The normalized spacial score (nSPS) is 19.6. The van der Waals surface area contributed by atoms with Crippen molar-refractivity contribution in [2.45, 2.75) is 25.3 Å². The Labute approximate surface area is 111 Å². The van der Waals surface area contributed by atoms with Crippen molar-refractivity contribution < 1.29 is 9.53 Å². The number of esters is 1. The largest absolute Gasteiger partial charge is 0.467 e. The van der Waals surface area contributed by atoms with Crippen LogP contribution >= 0.6 is 0 Å². The van der Waals surface area contributed by atoms with Crippen LogP contribution in [0.15, 0.2) is 24.3 Å². The fourth-order valence-electron chi connectivity index (χ4n) is 2.64. The van der Waals surface area contributed by atoms with E-state index in [1.165, 1.54) is 7.11 Å². The van der Waals surface area contributed by atoms with E-state index in [9.17, 15) is 4.79 Å². The van der Waals surface area contributed by atoms with E-state index in [4.69, 9.17) is 4.74 Å². The molecule has 100 valence electrons. The van der Waals surface area contributed by atoms with Gasteiger partial charge in [0.05, 0.1) is 18.1 Å². The molecule has 1 atom stereocenters.